The van der Waals surface area contributed by atoms with Gasteiger partial charge in [0.2, 0.25) is 0 Å². The maximum absolute atomic E-state index is 11.1. The number of methoxy groups -OCH3 is 2. The van der Waals surface area contributed by atoms with Crippen molar-refractivity contribution in [2.75, 3.05) is 34.9 Å². The van der Waals surface area contributed by atoms with Crippen LogP contribution in [0.1, 0.15) is 22.7 Å². The number of nitro benzene ring substituents is 3. The third kappa shape index (κ3) is 4.66. The van der Waals surface area contributed by atoms with Gasteiger partial charge >= 0.3 is 0 Å². The molecule has 16 nitrogen and oxygen atoms in total. The minimum atomic E-state index is -1.75. The monoisotopic (exact) mass is 585 g/mol. The van der Waals surface area contributed by atoms with Crippen LogP contribution in [0.15, 0.2) is 24.3 Å². The van der Waals surface area contributed by atoms with Crippen molar-refractivity contribution in [3.63, 3.8) is 0 Å². The minimum absolute atomic E-state index is 0.0834. The van der Waals surface area contributed by atoms with Gasteiger partial charge < -0.3 is 34.4 Å². The highest BCUT2D eigenvalue weighted by molar-refractivity contribution is 5.87. The first kappa shape index (κ1) is 29.6. The zero-order valence-electron chi connectivity index (χ0n) is 22.8. The van der Waals surface area contributed by atoms with Crippen molar-refractivity contribution >= 4 is 17.1 Å². The molecule has 1 aliphatic heterocycles. The van der Waals surface area contributed by atoms with Crippen LogP contribution in [-0.4, -0.2) is 64.3 Å². The Hall–Kier alpha value is -5.38. The van der Waals surface area contributed by atoms with Gasteiger partial charge in [-0.1, -0.05) is 6.07 Å². The van der Waals surface area contributed by atoms with Crippen molar-refractivity contribution in [3.8, 4) is 45.6 Å². The maximum atomic E-state index is 11.1. The molecule has 0 saturated carbocycles. The molecule has 0 saturated heterocycles. The lowest BCUT2D eigenvalue weighted by molar-refractivity contribution is -0.923. The van der Waals surface area contributed by atoms with Crippen LogP contribution in [0.4, 0.5) is 17.1 Å². The number of hydrogen-bond donors (Lipinski definition) is 2. The summed E-state index contributed by atoms with van der Waals surface area (Å²) in [6, 6.07) is 6.08. The van der Waals surface area contributed by atoms with Gasteiger partial charge in [0.1, 0.15) is 6.04 Å². The SMILES string of the molecule is COc1ccc2c(c1O)-c1c(O)c(OC)cc3c1C(C2)[N+](C)(C)CC3.O=[N+]([O-])c1cc([N+](=O)[O-])c([O-])c([N+](=O)[O-])c1[O-]. The van der Waals surface area contributed by atoms with E-state index in [1.54, 1.807) is 13.2 Å². The van der Waals surface area contributed by atoms with Crippen LogP contribution in [0.2, 0.25) is 0 Å². The molecule has 1 atom stereocenters. The van der Waals surface area contributed by atoms with Gasteiger partial charge in [-0.05, 0) is 23.3 Å². The van der Waals surface area contributed by atoms with Gasteiger partial charge in [-0.15, -0.1) is 0 Å². The molecule has 0 amide bonds. The number of likely N-dealkylation sites (N-methyl/N-ethyl adjacent to an activating group) is 1. The van der Waals surface area contributed by atoms with Crippen LogP contribution in [0.25, 0.3) is 11.1 Å². The van der Waals surface area contributed by atoms with E-state index in [4.69, 9.17) is 9.47 Å². The molecule has 1 unspecified atom stereocenters. The Labute approximate surface area is 237 Å². The standard InChI is InChI=1S/C20H23NO4.C6H3N3O8/c1-21(2)8-7-12-10-15(25-4)20(23)18-16(12)13(21)9-11-5-6-14(24-3)19(22)17(11)18;10-5-2(7(12)13)1-3(8(14)15)6(11)4(5)9(16)17/h5-6,10,13H,7-9H2,1-4H3,(H-,22,23);1,10-11H/p-1. The second-order valence-corrected chi connectivity index (χ2v) is 10.2. The Kier molecular flexibility index (Phi) is 7.43. The third-order valence-corrected chi connectivity index (χ3v) is 7.60. The first-order chi connectivity index (χ1) is 19.7. The Balaban J connectivity index is 0.000000209. The highest BCUT2D eigenvalue weighted by atomic mass is 16.6. The molecule has 42 heavy (non-hydrogen) atoms. The van der Waals surface area contributed by atoms with Gasteiger partial charge in [-0.2, -0.15) is 0 Å². The molecule has 0 bridgehead atoms. The molecule has 222 valence electrons. The van der Waals surface area contributed by atoms with E-state index in [1.165, 1.54) is 12.7 Å². The first-order valence-corrected chi connectivity index (χ1v) is 12.3. The number of phenolic OH excluding ortho intramolecular Hbond substituents is 2. The summed E-state index contributed by atoms with van der Waals surface area (Å²) in [5, 5.41) is 75.0. The predicted octanol–water partition coefficient (Wildman–Crippen LogP) is 2.57. The summed E-state index contributed by atoms with van der Waals surface area (Å²) < 4.78 is 11.6. The average Bonchev–Trinajstić information content (AvgIpc) is 2.91. The second kappa shape index (κ2) is 10.5. The van der Waals surface area contributed by atoms with Crippen LogP contribution in [0.3, 0.4) is 0 Å². The number of aromatic hydroxyl groups is 2. The Morgan fingerprint density at radius 2 is 1.36 bits per heavy atom. The lowest BCUT2D eigenvalue weighted by atomic mass is 9.75. The fourth-order valence-corrected chi connectivity index (χ4v) is 5.45. The van der Waals surface area contributed by atoms with E-state index in [9.17, 15) is 50.8 Å². The van der Waals surface area contributed by atoms with Gasteiger partial charge in [-0.25, -0.2) is 0 Å². The molecular weight excluding hydrogens is 560 g/mol. The normalized spacial score (nSPS) is 15.8. The molecular formula is C26H25N4O12-. The quantitative estimate of drug-likeness (QED) is 0.250. The van der Waals surface area contributed by atoms with Crippen LogP contribution in [-0.2, 0) is 12.8 Å². The van der Waals surface area contributed by atoms with E-state index >= 15 is 0 Å². The van der Waals surface area contributed by atoms with E-state index in [-0.39, 0.29) is 23.6 Å². The van der Waals surface area contributed by atoms with Crippen molar-refractivity contribution in [2.45, 2.75) is 18.9 Å². The van der Waals surface area contributed by atoms with E-state index < -0.39 is 43.3 Å². The molecule has 0 aromatic heterocycles. The molecule has 1 heterocycles. The Morgan fingerprint density at radius 1 is 0.810 bits per heavy atom. The summed E-state index contributed by atoms with van der Waals surface area (Å²) in [6.07, 6.45) is 1.74. The number of phenols is 2. The topological polar surface area (TPSA) is 234 Å². The number of rotatable bonds is 5. The van der Waals surface area contributed by atoms with Gasteiger partial charge in [0.05, 0.1) is 67.2 Å². The summed E-state index contributed by atoms with van der Waals surface area (Å²) >= 11 is 0. The Bertz CT molecular complexity index is 1620. The lowest BCUT2D eigenvalue weighted by Gasteiger charge is -2.46. The lowest BCUT2D eigenvalue weighted by Crippen LogP contribution is -2.49. The molecule has 16 heteroatoms. The van der Waals surface area contributed by atoms with Crippen LogP contribution in [0.5, 0.6) is 34.5 Å². The zero-order valence-corrected chi connectivity index (χ0v) is 22.8. The molecule has 2 aliphatic rings. The number of hydrogen-bond acceptors (Lipinski definition) is 12. The number of quaternary nitrogens is 1. The first-order valence-electron chi connectivity index (χ1n) is 12.3. The van der Waals surface area contributed by atoms with Gasteiger partial charge in [0, 0.05) is 29.5 Å². The van der Waals surface area contributed by atoms with Crippen molar-refractivity contribution in [2.24, 2.45) is 0 Å². The van der Waals surface area contributed by atoms with Crippen LogP contribution >= 0.6 is 0 Å². The molecule has 1 aliphatic carbocycles. The number of fused-ring (bicyclic) bond motifs is 2. The van der Waals surface area contributed by atoms with E-state index in [0.717, 1.165) is 35.0 Å². The highest BCUT2D eigenvalue weighted by Crippen LogP contribution is 2.56. The fraction of sp³-hybridized carbons (Fsp3) is 0.308. The highest BCUT2D eigenvalue weighted by Gasteiger charge is 2.44. The molecule has 5 rings (SSSR count). The van der Waals surface area contributed by atoms with Crippen molar-refractivity contribution < 1.29 is 49.2 Å². The second-order valence-electron chi connectivity index (χ2n) is 10.2. The summed E-state index contributed by atoms with van der Waals surface area (Å²) in [6.45, 7) is 1.03. The predicted molar refractivity (Wildman–Crippen MR) is 141 cm³/mol. The third-order valence-electron chi connectivity index (χ3n) is 7.60. The molecule has 0 fully saturated rings. The molecule has 0 radical (unpaired) electrons. The number of ether oxygens (including phenoxy) is 2. The minimum Gasteiger partial charge on any atom is -0.863 e. The number of nitro groups is 3. The number of benzene rings is 3. The van der Waals surface area contributed by atoms with Crippen LogP contribution < -0.4 is 19.7 Å². The van der Waals surface area contributed by atoms with E-state index in [1.807, 2.05) is 12.1 Å². The number of nitrogens with zero attached hydrogens (tertiary/aromatic N) is 4. The van der Waals surface area contributed by atoms with Gasteiger partial charge in [-0.3, -0.25) is 30.3 Å². The Morgan fingerprint density at radius 3 is 1.86 bits per heavy atom. The van der Waals surface area contributed by atoms with Crippen LogP contribution in [0, 0.1) is 30.3 Å². The summed E-state index contributed by atoms with van der Waals surface area (Å²) in [5.74, 6) is -2.46. The average molecular weight is 586 g/mol. The summed E-state index contributed by atoms with van der Waals surface area (Å²) in [4.78, 5) is 26.9. The van der Waals surface area contributed by atoms with Gasteiger partial charge in [0.25, 0.3) is 17.1 Å². The maximum Gasteiger partial charge on any atom is 0.275 e. The summed E-state index contributed by atoms with van der Waals surface area (Å²) in [5.41, 5.74) is 0.244. The molecule has 0 spiro atoms. The van der Waals surface area contributed by atoms with Crippen molar-refractivity contribution in [1.82, 2.24) is 0 Å². The van der Waals surface area contributed by atoms with E-state index in [2.05, 4.69) is 14.1 Å². The van der Waals surface area contributed by atoms with E-state index in [0.29, 0.717) is 22.6 Å². The molecule has 3 aromatic rings. The molecule has 3 aromatic carbocycles. The summed E-state index contributed by atoms with van der Waals surface area (Å²) in [7, 11) is 7.55. The zero-order chi connectivity index (χ0) is 31.3. The fourth-order valence-electron chi connectivity index (χ4n) is 5.45. The van der Waals surface area contributed by atoms with Gasteiger partial charge in [0.15, 0.2) is 23.0 Å². The smallest absolute Gasteiger partial charge is 0.275 e. The van der Waals surface area contributed by atoms with Crippen molar-refractivity contribution in [1.29, 1.82) is 0 Å². The van der Waals surface area contributed by atoms with Crippen molar-refractivity contribution in [3.05, 3.63) is 71.3 Å². The molecule has 2 N–H and O–H groups in total. The largest absolute Gasteiger partial charge is 0.863 e.